The molecule has 0 aliphatic carbocycles. The molecule has 31 heavy (non-hydrogen) atoms. The molecule has 3 aromatic rings. The zero-order chi connectivity index (χ0) is 22.4. The Bertz CT molecular complexity index is 1130. The van der Waals surface area contributed by atoms with Crippen LogP contribution in [0.15, 0.2) is 83.8 Å². The van der Waals surface area contributed by atoms with Crippen molar-refractivity contribution in [1.29, 1.82) is 0 Å². The number of hydrogen-bond donors (Lipinski definition) is 1. The summed E-state index contributed by atoms with van der Waals surface area (Å²) in [5, 5.41) is 3.33. The highest BCUT2D eigenvalue weighted by Crippen LogP contribution is 2.23. The lowest BCUT2D eigenvalue weighted by Gasteiger charge is -2.24. The van der Waals surface area contributed by atoms with Crippen LogP contribution in [0.5, 0.6) is 0 Å². The van der Waals surface area contributed by atoms with Crippen molar-refractivity contribution in [2.24, 2.45) is 0 Å². The molecule has 1 amide bonds. The summed E-state index contributed by atoms with van der Waals surface area (Å²) < 4.78 is 27.9. The molecule has 0 fully saturated rings. The molecule has 1 N–H and O–H groups in total. The predicted molar refractivity (Wildman–Crippen MR) is 123 cm³/mol. The fraction of sp³-hybridized carbons (Fsp3) is 0.208. The van der Waals surface area contributed by atoms with Crippen LogP contribution < -0.4 is 5.32 Å². The van der Waals surface area contributed by atoms with Crippen molar-refractivity contribution in [1.82, 2.24) is 9.62 Å². The van der Waals surface area contributed by atoms with Crippen LogP contribution in [-0.2, 0) is 21.4 Å². The molecule has 0 saturated heterocycles. The van der Waals surface area contributed by atoms with Gasteiger partial charge in [0.2, 0.25) is 15.9 Å². The first-order valence-corrected chi connectivity index (χ1v) is 11.7. The summed E-state index contributed by atoms with van der Waals surface area (Å²) in [6, 6.07) is 22.8. The van der Waals surface area contributed by atoms with Crippen LogP contribution >= 0.6 is 11.6 Å². The fourth-order valence-corrected chi connectivity index (χ4v) is 4.74. The van der Waals surface area contributed by atoms with Crippen molar-refractivity contribution >= 4 is 27.5 Å². The van der Waals surface area contributed by atoms with Gasteiger partial charge in [0, 0.05) is 11.6 Å². The molecule has 0 spiro atoms. The van der Waals surface area contributed by atoms with Crippen LogP contribution in [-0.4, -0.2) is 25.2 Å². The van der Waals surface area contributed by atoms with Gasteiger partial charge in [0.25, 0.3) is 0 Å². The molecule has 3 aromatic carbocycles. The van der Waals surface area contributed by atoms with Gasteiger partial charge in [-0.15, -0.1) is 0 Å². The van der Waals surface area contributed by atoms with Gasteiger partial charge >= 0.3 is 0 Å². The van der Waals surface area contributed by atoms with Crippen molar-refractivity contribution in [3.63, 3.8) is 0 Å². The molecule has 162 valence electrons. The molecule has 0 aliphatic heterocycles. The van der Waals surface area contributed by atoms with E-state index in [4.69, 9.17) is 11.6 Å². The average molecular weight is 457 g/mol. The van der Waals surface area contributed by atoms with Gasteiger partial charge in [-0.3, -0.25) is 4.79 Å². The molecule has 1 atom stereocenters. The number of amides is 1. The molecule has 0 heterocycles. The maximum atomic E-state index is 13.4. The topological polar surface area (TPSA) is 66.5 Å². The summed E-state index contributed by atoms with van der Waals surface area (Å²) in [4.78, 5) is 12.9. The van der Waals surface area contributed by atoms with Crippen LogP contribution in [0.3, 0.4) is 0 Å². The second-order valence-electron chi connectivity index (χ2n) is 7.38. The summed E-state index contributed by atoms with van der Waals surface area (Å²) >= 11 is 6.26. The number of nitrogens with zero attached hydrogens (tertiary/aromatic N) is 1. The highest BCUT2D eigenvalue weighted by atomic mass is 35.5. The van der Waals surface area contributed by atoms with Crippen molar-refractivity contribution in [2.45, 2.75) is 31.3 Å². The molecule has 0 aromatic heterocycles. The third-order valence-corrected chi connectivity index (χ3v) is 7.13. The van der Waals surface area contributed by atoms with E-state index in [9.17, 15) is 13.2 Å². The number of nitrogens with one attached hydrogen (secondary N) is 1. The van der Waals surface area contributed by atoms with Crippen molar-refractivity contribution in [3.05, 3.63) is 101 Å². The number of halogens is 1. The molecular formula is C24H25ClN2O3S. The zero-order valence-electron chi connectivity index (χ0n) is 17.5. The van der Waals surface area contributed by atoms with Gasteiger partial charge in [0.1, 0.15) is 0 Å². The first-order valence-electron chi connectivity index (χ1n) is 9.92. The predicted octanol–water partition coefficient (Wildman–Crippen LogP) is 4.72. The maximum Gasteiger partial charge on any atom is 0.243 e. The van der Waals surface area contributed by atoms with Gasteiger partial charge in [-0.2, -0.15) is 4.31 Å². The van der Waals surface area contributed by atoms with Crippen molar-refractivity contribution in [2.75, 3.05) is 6.54 Å². The Morgan fingerprint density at radius 1 is 0.968 bits per heavy atom. The van der Waals surface area contributed by atoms with E-state index in [-0.39, 0.29) is 29.9 Å². The minimum Gasteiger partial charge on any atom is -0.348 e. The monoisotopic (exact) mass is 456 g/mol. The zero-order valence-corrected chi connectivity index (χ0v) is 19.0. The van der Waals surface area contributed by atoms with Gasteiger partial charge in [-0.25, -0.2) is 8.42 Å². The Labute approximate surface area is 188 Å². The van der Waals surface area contributed by atoms with E-state index in [0.29, 0.717) is 10.6 Å². The standard InChI is InChI=1S/C24H25ClN2O3S/c1-18-12-14-22(15-13-18)31(29,30)27(16-21-10-6-7-11-23(21)25)17-24(28)26-19(2)20-8-4-3-5-9-20/h3-15,19H,16-17H2,1-2H3,(H,26,28)/t19-/m1/s1. The van der Waals surface area contributed by atoms with Crippen molar-refractivity contribution in [3.8, 4) is 0 Å². The highest BCUT2D eigenvalue weighted by molar-refractivity contribution is 7.89. The van der Waals surface area contributed by atoms with E-state index < -0.39 is 10.0 Å². The summed E-state index contributed by atoms with van der Waals surface area (Å²) in [7, 11) is -3.91. The molecule has 7 heteroatoms. The van der Waals surface area contributed by atoms with Gasteiger partial charge in [0.05, 0.1) is 17.5 Å². The van der Waals surface area contributed by atoms with Gasteiger partial charge in [0.15, 0.2) is 0 Å². The minimum absolute atomic E-state index is 0.0109. The number of sulfonamides is 1. The maximum absolute atomic E-state index is 13.4. The Hall–Kier alpha value is -2.67. The number of carbonyl (C=O) groups excluding carboxylic acids is 1. The third kappa shape index (κ3) is 5.94. The molecular weight excluding hydrogens is 432 g/mol. The average Bonchev–Trinajstić information content (AvgIpc) is 2.75. The second-order valence-corrected chi connectivity index (χ2v) is 9.72. The van der Waals surface area contributed by atoms with E-state index in [2.05, 4.69) is 5.32 Å². The van der Waals surface area contributed by atoms with E-state index in [1.54, 1.807) is 48.5 Å². The molecule has 3 rings (SSSR count). The highest BCUT2D eigenvalue weighted by Gasteiger charge is 2.28. The summed E-state index contributed by atoms with van der Waals surface area (Å²) in [5.74, 6) is -0.390. The van der Waals surface area contributed by atoms with Gasteiger partial charge < -0.3 is 5.32 Å². The molecule has 0 saturated carbocycles. The van der Waals surface area contributed by atoms with E-state index in [1.807, 2.05) is 44.2 Å². The van der Waals surface area contributed by atoms with E-state index >= 15 is 0 Å². The first kappa shape index (κ1) is 23.0. The molecule has 0 aliphatic rings. The number of rotatable bonds is 8. The smallest absolute Gasteiger partial charge is 0.243 e. The van der Waals surface area contributed by atoms with Crippen molar-refractivity contribution < 1.29 is 13.2 Å². The Morgan fingerprint density at radius 3 is 2.23 bits per heavy atom. The van der Waals surface area contributed by atoms with Gasteiger partial charge in [-0.1, -0.05) is 77.8 Å². The number of hydrogen-bond acceptors (Lipinski definition) is 3. The number of aryl methyl sites for hydroxylation is 1. The van der Waals surface area contributed by atoms with Crippen LogP contribution in [0.1, 0.15) is 29.7 Å². The summed E-state index contributed by atoms with van der Waals surface area (Å²) in [6.07, 6.45) is 0. The summed E-state index contributed by atoms with van der Waals surface area (Å²) in [5.41, 5.74) is 2.52. The third-order valence-electron chi connectivity index (χ3n) is 4.96. The number of benzene rings is 3. The minimum atomic E-state index is -3.91. The van der Waals surface area contributed by atoms with Crippen LogP contribution in [0.25, 0.3) is 0 Å². The molecule has 0 radical (unpaired) electrons. The lowest BCUT2D eigenvalue weighted by atomic mass is 10.1. The van der Waals surface area contributed by atoms with Crippen LogP contribution in [0.4, 0.5) is 0 Å². The summed E-state index contributed by atoms with van der Waals surface area (Å²) in [6.45, 7) is 3.41. The van der Waals surface area contributed by atoms with E-state index in [0.717, 1.165) is 15.4 Å². The van der Waals surface area contributed by atoms with E-state index in [1.165, 1.54) is 0 Å². The van der Waals surface area contributed by atoms with Crippen LogP contribution in [0, 0.1) is 6.92 Å². The quantitative estimate of drug-likeness (QED) is 0.533. The number of carbonyl (C=O) groups is 1. The molecule has 0 bridgehead atoms. The Balaban J connectivity index is 1.85. The molecule has 0 unspecified atom stereocenters. The lowest BCUT2D eigenvalue weighted by Crippen LogP contribution is -2.41. The Kier molecular flexibility index (Phi) is 7.49. The SMILES string of the molecule is Cc1ccc(S(=O)(=O)N(CC(=O)N[C@H](C)c2ccccc2)Cc2ccccc2Cl)cc1. The van der Waals surface area contributed by atoms with Crippen LogP contribution in [0.2, 0.25) is 5.02 Å². The van der Waals surface area contributed by atoms with Gasteiger partial charge in [-0.05, 0) is 43.2 Å². The second kappa shape index (κ2) is 10.1. The fourth-order valence-electron chi connectivity index (χ4n) is 3.17. The molecule has 5 nitrogen and oxygen atoms in total. The normalized spacial score (nSPS) is 12.5. The largest absolute Gasteiger partial charge is 0.348 e. The lowest BCUT2D eigenvalue weighted by molar-refractivity contribution is -0.122. The first-order chi connectivity index (χ1) is 14.8. The Morgan fingerprint density at radius 2 is 1.58 bits per heavy atom.